The average Bonchev–Trinajstić information content (AvgIpc) is 3.53. The van der Waals surface area contributed by atoms with Crippen molar-refractivity contribution in [2.24, 2.45) is 5.92 Å². The van der Waals surface area contributed by atoms with Crippen LogP contribution in [0, 0.1) is 11.7 Å². The first-order valence-corrected chi connectivity index (χ1v) is 13.2. The number of aromatic nitrogens is 1. The Balaban J connectivity index is 1.58. The Labute approximate surface area is 178 Å². The summed E-state index contributed by atoms with van der Waals surface area (Å²) in [4.78, 5) is 14.4. The summed E-state index contributed by atoms with van der Waals surface area (Å²) >= 11 is 0. The number of nitrogens with zero attached hydrogens (tertiary/aromatic N) is 1. The van der Waals surface area contributed by atoms with Gasteiger partial charge in [0.1, 0.15) is 5.76 Å². The summed E-state index contributed by atoms with van der Waals surface area (Å²) in [5, 5.41) is 8.27. The molecule has 2 N–H and O–H groups in total. The van der Waals surface area contributed by atoms with E-state index in [0.29, 0.717) is 11.3 Å². The van der Waals surface area contributed by atoms with Crippen molar-refractivity contribution in [3.8, 4) is 5.75 Å². The van der Waals surface area contributed by atoms with E-state index in [1.807, 2.05) is 0 Å². The monoisotopic (exact) mass is 469 g/mol. The summed E-state index contributed by atoms with van der Waals surface area (Å²) in [5.74, 6) is -0.138. The highest BCUT2D eigenvalue weighted by atomic mass is 31.2. The Morgan fingerprint density at radius 1 is 1.35 bits per heavy atom. The second kappa shape index (κ2) is 7.93. The summed E-state index contributed by atoms with van der Waals surface area (Å²) in [5.41, 5.74) is 0.386. The van der Waals surface area contributed by atoms with Gasteiger partial charge < -0.3 is 14.7 Å². The molecule has 2 aromatic rings. The van der Waals surface area contributed by atoms with Crippen molar-refractivity contribution in [2.75, 3.05) is 6.66 Å². The molecule has 0 radical (unpaired) electrons. The predicted octanol–water partition coefficient (Wildman–Crippen LogP) is 4.55. The molecule has 8 nitrogen and oxygen atoms in total. The van der Waals surface area contributed by atoms with Crippen LogP contribution in [0.3, 0.4) is 0 Å². The van der Waals surface area contributed by atoms with Crippen LogP contribution in [0.1, 0.15) is 30.3 Å². The lowest BCUT2D eigenvalue weighted by atomic mass is 10.2. The van der Waals surface area contributed by atoms with Crippen molar-refractivity contribution < 1.29 is 37.3 Å². The Kier molecular flexibility index (Phi) is 5.71. The fourth-order valence-electron chi connectivity index (χ4n) is 3.25. The van der Waals surface area contributed by atoms with Crippen LogP contribution in [0.4, 0.5) is 4.39 Å². The fraction of sp³-hybridized carbons (Fsp3) is 0.350. The van der Waals surface area contributed by atoms with Gasteiger partial charge in [0.15, 0.2) is 17.9 Å². The number of hydrogen-bond acceptors (Lipinski definition) is 7. The third-order valence-electron chi connectivity index (χ3n) is 5.30. The first-order valence-electron chi connectivity index (χ1n) is 9.57. The molecule has 2 fully saturated rings. The van der Waals surface area contributed by atoms with E-state index in [9.17, 15) is 23.5 Å². The van der Waals surface area contributed by atoms with Crippen molar-refractivity contribution in [3.63, 3.8) is 0 Å². The normalized spacial score (nSPS) is 33.1. The number of allylic oxidation sites excluding steroid dienone is 1. The van der Waals surface area contributed by atoms with Crippen LogP contribution < -0.4 is 4.74 Å². The van der Waals surface area contributed by atoms with E-state index in [1.165, 1.54) is 24.5 Å². The summed E-state index contributed by atoms with van der Waals surface area (Å²) in [7, 11) is -9.05. The van der Waals surface area contributed by atoms with Gasteiger partial charge in [0, 0.05) is 37.0 Å². The van der Waals surface area contributed by atoms with E-state index in [0.717, 1.165) is 25.6 Å². The smallest absolute Gasteiger partial charge is 0.372 e. The summed E-state index contributed by atoms with van der Waals surface area (Å²) in [6, 6.07) is 6.81. The molecular formula is C20H22FNO7P2. The van der Waals surface area contributed by atoms with Gasteiger partial charge in [0.05, 0.1) is 0 Å². The largest absolute Gasteiger partial charge is 0.459 e. The minimum atomic E-state index is -4.90. The van der Waals surface area contributed by atoms with Crippen molar-refractivity contribution >= 4 is 15.0 Å². The number of hydrogen-bond donors (Lipinski definition) is 2. The molecule has 11 heteroatoms. The van der Waals surface area contributed by atoms with Crippen LogP contribution in [0.15, 0.2) is 55.1 Å². The highest BCUT2D eigenvalue weighted by molar-refractivity contribution is 7.75. The molecule has 1 aliphatic heterocycles. The van der Waals surface area contributed by atoms with Gasteiger partial charge in [-0.15, -0.1) is 0 Å². The molecule has 0 bridgehead atoms. The molecule has 166 valence electrons. The van der Waals surface area contributed by atoms with Crippen LogP contribution in [0.5, 0.6) is 5.75 Å². The van der Waals surface area contributed by atoms with Crippen LogP contribution >= 0.6 is 15.0 Å². The van der Waals surface area contributed by atoms with Crippen molar-refractivity contribution in [2.45, 2.75) is 30.6 Å². The van der Waals surface area contributed by atoms with E-state index in [-0.39, 0.29) is 17.2 Å². The molecule has 0 amide bonds. The SMILES string of the molecule is C=C(Oc1ccc(C2OP(C)(=O)C(O)(Cc3cccnc3)P(=O)(O)O2)cc1F)C1CC1. The van der Waals surface area contributed by atoms with Crippen LogP contribution in [-0.2, 0) is 24.6 Å². The summed E-state index contributed by atoms with van der Waals surface area (Å²) in [6.45, 7) is 4.83. The summed E-state index contributed by atoms with van der Waals surface area (Å²) < 4.78 is 56.7. The quantitative estimate of drug-likeness (QED) is 0.468. The minimum Gasteiger partial charge on any atom is -0.459 e. The highest BCUT2D eigenvalue weighted by Gasteiger charge is 2.64. The minimum absolute atomic E-state index is 0.0154. The Morgan fingerprint density at radius 2 is 2.10 bits per heavy atom. The first kappa shape index (κ1) is 22.3. The molecule has 1 saturated heterocycles. The van der Waals surface area contributed by atoms with Crippen molar-refractivity contribution in [1.29, 1.82) is 0 Å². The van der Waals surface area contributed by atoms with Crippen molar-refractivity contribution in [3.05, 3.63) is 72.0 Å². The van der Waals surface area contributed by atoms with Crippen LogP contribution in [0.25, 0.3) is 0 Å². The zero-order chi connectivity index (χ0) is 22.4. The molecule has 1 saturated carbocycles. The topological polar surface area (TPSA) is 115 Å². The number of benzene rings is 1. The average molecular weight is 469 g/mol. The first-order chi connectivity index (χ1) is 14.5. The van der Waals surface area contributed by atoms with Crippen LogP contribution in [0.2, 0.25) is 0 Å². The van der Waals surface area contributed by atoms with Crippen molar-refractivity contribution in [1.82, 2.24) is 4.98 Å². The molecule has 31 heavy (non-hydrogen) atoms. The number of ether oxygens (including phenoxy) is 1. The maximum Gasteiger partial charge on any atom is 0.372 e. The second-order valence-corrected chi connectivity index (χ2v) is 12.7. The third kappa shape index (κ3) is 4.27. The second-order valence-electron chi connectivity index (χ2n) is 7.75. The van der Waals surface area contributed by atoms with Gasteiger partial charge in [0.25, 0.3) is 0 Å². The maximum absolute atomic E-state index is 14.5. The van der Waals surface area contributed by atoms with Gasteiger partial charge in [-0.05, 0) is 36.6 Å². The lowest BCUT2D eigenvalue weighted by Gasteiger charge is -2.43. The molecule has 0 spiro atoms. The zero-order valence-electron chi connectivity index (χ0n) is 16.7. The van der Waals surface area contributed by atoms with Gasteiger partial charge >= 0.3 is 7.60 Å². The van der Waals surface area contributed by atoms with Gasteiger partial charge in [-0.25, -0.2) is 4.39 Å². The Morgan fingerprint density at radius 3 is 2.68 bits per heavy atom. The Bertz CT molecular complexity index is 1080. The van der Waals surface area contributed by atoms with Gasteiger partial charge in [-0.3, -0.25) is 23.2 Å². The molecule has 4 atom stereocenters. The zero-order valence-corrected chi connectivity index (χ0v) is 18.5. The standard InChI is InChI=1S/C20H22FNO7P2/c1-13(15-5-6-15)27-18-8-7-16(10-17(18)21)19-28-30(2,24)20(23,31(25,26)29-19)11-14-4-3-9-22-12-14/h3-4,7-10,12,15,19,23H,1,5-6,11H2,2H3,(H,25,26). The van der Waals surface area contributed by atoms with E-state index in [2.05, 4.69) is 11.6 Å². The number of halogens is 1. The lowest BCUT2D eigenvalue weighted by molar-refractivity contribution is -0.0441. The molecule has 2 aliphatic rings. The third-order valence-corrected chi connectivity index (χ3v) is 10.7. The van der Waals surface area contributed by atoms with E-state index in [4.69, 9.17) is 13.8 Å². The fourth-order valence-corrected chi connectivity index (χ4v) is 7.58. The maximum atomic E-state index is 14.5. The molecule has 1 aromatic heterocycles. The molecular weight excluding hydrogens is 447 g/mol. The molecule has 4 unspecified atom stereocenters. The molecule has 1 aromatic carbocycles. The molecule has 1 aliphatic carbocycles. The van der Waals surface area contributed by atoms with E-state index >= 15 is 0 Å². The van der Waals surface area contributed by atoms with Crippen LogP contribution in [-0.4, -0.2) is 26.7 Å². The van der Waals surface area contributed by atoms with E-state index in [1.54, 1.807) is 12.1 Å². The molecule has 4 rings (SSSR count). The number of pyridine rings is 1. The highest BCUT2D eigenvalue weighted by Crippen LogP contribution is 2.79. The lowest BCUT2D eigenvalue weighted by Crippen LogP contribution is -2.37. The van der Waals surface area contributed by atoms with Gasteiger partial charge in [-0.2, -0.15) is 0 Å². The van der Waals surface area contributed by atoms with E-state index < -0.39 is 38.6 Å². The number of rotatable bonds is 6. The predicted molar refractivity (Wildman–Crippen MR) is 110 cm³/mol. The summed E-state index contributed by atoms with van der Waals surface area (Å²) in [6.07, 6.45) is 2.66. The Hall–Kier alpha value is -1.86. The number of aliphatic hydroxyl groups is 1. The molecule has 2 heterocycles. The van der Waals surface area contributed by atoms with Gasteiger partial charge in [-0.1, -0.05) is 18.7 Å². The van der Waals surface area contributed by atoms with Gasteiger partial charge in [0.2, 0.25) is 12.5 Å².